The van der Waals surface area contributed by atoms with Crippen LogP contribution in [0.4, 0.5) is 0 Å². The van der Waals surface area contributed by atoms with E-state index in [0.717, 1.165) is 11.1 Å². The van der Waals surface area contributed by atoms with Gasteiger partial charge in [-0.05, 0) is 36.6 Å². The molecule has 0 aliphatic heterocycles. The van der Waals surface area contributed by atoms with Crippen molar-refractivity contribution in [1.82, 2.24) is 0 Å². The van der Waals surface area contributed by atoms with Crippen molar-refractivity contribution in [2.45, 2.75) is 13.8 Å². The summed E-state index contributed by atoms with van der Waals surface area (Å²) in [5.41, 5.74) is 7.23. The Morgan fingerprint density at radius 2 is 1.94 bits per heavy atom. The van der Waals surface area contributed by atoms with E-state index in [1.807, 2.05) is 19.9 Å². The van der Waals surface area contributed by atoms with E-state index in [1.165, 1.54) is 6.08 Å². The topological polar surface area (TPSA) is 80.4 Å². The van der Waals surface area contributed by atoms with Crippen LogP contribution >= 0.6 is 0 Å². The minimum atomic E-state index is -1.31. The number of aliphatic carboxylic acids is 1. The van der Waals surface area contributed by atoms with Gasteiger partial charge in [-0.1, -0.05) is 18.2 Å². The number of carbonyl (C=O) groups is 2. The van der Waals surface area contributed by atoms with E-state index in [0.29, 0.717) is 5.56 Å². The average Bonchev–Trinajstić information content (AvgIpc) is 2.19. The number of carbonyl (C=O) groups excluding carboxylic acids is 1. The van der Waals surface area contributed by atoms with Crippen LogP contribution in [0, 0.1) is 13.8 Å². The molecular weight excluding hydrogens is 206 g/mol. The Labute approximate surface area is 93.4 Å². The zero-order valence-corrected chi connectivity index (χ0v) is 9.15. The second-order valence-electron chi connectivity index (χ2n) is 3.52. The molecule has 84 valence electrons. The summed E-state index contributed by atoms with van der Waals surface area (Å²) < 4.78 is 0. The van der Waals surface area contributed by atoms with E-state index in [2.05, 4.69) is 0 Å². The van der Waals surface area contributed by atoms with Gasteiger partial charge in [-0.25, -0.2) is 4.79 Å². The molecule has 3 N–H and O–H groups in total. The summed E-state index contributed by atoms with van der Waals surface area (Å²) in [4.78, 5) is 21.7. The van der Waals surface area contributed by atoms with Crippen molar-refractivity contribution in [3.63, 3.8) is 0 Å². The first-order chi connectivity index (χ1) is 7.43. The van der Waals surface area contributed by atoms with Crippen molar-refractivity contribution in [2.75, 3.05) is 0 Å². The number of hydrogen-bond donors (Lipinski definition) is 2. The minimum Gasteiger partial charge on any atom is -0.477 e. The molecule has 0 aliphatic carbocycles. The first kappa shape index (κ1) is 12.0. The third kappa shape index (κ3) is 2.48. The summed E-state index contributed by atoms with van der Waals surface area (Å²) in [6.07, 6.45) is 1.30. The first-order valence-electron chi connectivity index (χ1n) is 4.74. The van der Waals surface area contributed by atoms with Gasteiger partial charge in [0.1, 0.15) is 5.57 Å². The fourth-order valence-electron chi connectivity index (χ4n) is 1.32. The lowest BCUT2D eigenvalue weighted by atomic mass is 10.0. The van der Waals surface area contributed by atoms with Crippen LogP contribution in [-0.2, 0) is 9.59 Å². The molecule has 0 fully saturated rings. The predicted molar refractivity (Wildman–Crippen MR) is 60.7 cm³/mol. The van der Waals surface area contributed by atoms with E-state index < -0.39 is 17.4 Å². The van der Waals surface area contributed by atoms with Crippen molar-refractivity contribution in [1.29, 1.82) is 0 Å². The highest BCUT2D eigenvalue weighted by Gasteiger charge is 2.14. The number of rotatable bonds is 3. The molecule has 1 amide bonds. The molecule has 0 bridgehead atoms. The summed E-state index contributed by atoms with van der Waals surface area (Å²) >= 11 is 0. The van der Waals surface area contributed by atoms with Crippen molar-refractivity contribution < 1.29 is 14.7 Å². The molecule has 1 aromatic rings. The minimum absolute atomic E-state index is 0.409. The van der Waals surface area contributed by atoms with Crippen molar-refractivity contribution in [3.05, 3.63) is 40.5 Å². The molecule has 1 rings (SSSR count). The number of carboxylic acid groups (broad SMARTS) is 1. The lowest BCUT2D eigenvalue weighted by Crippen LogP contribution is -2.20. The van der Waals surface area contributed by atoms with Gasteiger partial charge in [0.05, 0.1) is 0 Å². The highest BCUT2D eigenvalue weighted by Crippen LogP contribution is 2.16. The summed E-state index contributed by atoms with van der Waals surface area (Å²) in [7, 11) is 0. The number of hydrogen-bond acceptors (Lipinski definition) is 2. The van der Waals surface area contributed by atoms with Crippen LogP contribution in [0.15, 0.2) is 23.8 Å². The molecule has 0 saturated heterocycles. The van der Waals surface area contributed by atoms with Gasteiger partial charge >= 0.3 is 5.97 Å². The quantitative estimate of drug-likeness (QED) is 0.456. The Hall–Kier alpha value is -2.10. The Morgan fingerprint density at radius 3 is 2.44 bits per heavy atom. The van der Waals surface area contributed by atoms with Gasteiger partial charge < -0.3 is 10.8 Å². The van der Waals surface area contributed by atoms with Crippen molar-refractivity contribution in [3.8, 4) is 0 Å². The smallest absolute Gasteiger partial charge is 0.341 e. The van der Waals surface area contributed by atoms with Crippen LogP contribution in [0.3, 0.4) is 0 Å². The largest absolute Gasteiger partial charge is 0.477 e. The van der Waals surface area contributed by atoms with Crippen molar-refractivity contribution >= 4 is 18.0 Å². The predicted octanol–water partition coefficient (Wildman–Crippen LogP) is 1.26. The fraction of sp³-hybridized carbons (Fsp3) is 0.167. The Morgan fingerprint density at radius 1 is 1.31 bits per heavy atom. The fourth-order valence-corrected chi connectivity index (χ4v) is 1.32. The molecule has 4 nitrogen and oxygen atoms in total. The van der Waals surface area contributed by atoms with E-state index in [1.54, 1.807) is 12.1 Å². The van der Waals surface area contributed by atoms with Gasteiger partial charge in [0.25, 0.3) is 5.91 Å². The van der Waals surface area contributed by atoms with Crippen LogP contribution in [-0.4, -0.2) is 17.0 Å². The van der Waals surface area contributed by atoms with Gasteiger partial charge in [-0.15, -0.1) is 0 Å². The van der Waals surface area contributed by atoms with E-state index >= 15 is 0 Å². The van der Waals surface area contributed by atoms with Gasteiger partial charge in [0, 0.05) is 0 Å². The van der Waals surface area contributed by atoms with Crippen LogP contribution < -0.4 is 5.73 Å². The van der Waals surface area contributed by atoms with Crippen LogP contribution in [0.25, 0.3) is 6.08 Å². The van der Waals surface area contributed by atoms with Gasteiger partial charge in [0.2, 0.25) is 0 Å². The number of amides is 1. The van der Waals surface area contributed by atoms with Crippen LogP contribution in [0.1, 0.15) is 16.7 Å². The molecule has 0 atom stereocenters. The Balaban J connectivity index is 3.29. The normalized spacial score (nSPS) is 11.2. The molecule has 0 aliphatic rings. The SMILES string of the molecule is Cc1cccc(C=C(C(N)=O)C(=O)O)c1C. The maximum Gasteiger partial charge on any atom is 0.341 e. The average molecular weight is 219 g/mol. The van der Waals surface area contributed by atoms with Gasteiger partial charge in [-0.3, -0.25) is 4.79 Å². The third-order valence-corrected chi connectivity index (χ3v) is 2.44. The second kappa shape index (κ2) is 4.61. The first-order valence-corrected chi connectivity index (χ1v) is 4.74. The van der Waals surface area contributed by atoms with E-state index in [9.17, 15) is 9.59 Å². The highest BCUT2D eigenvalue weighted by molar-refractivity contribution is 6.18. The third-order valence-electron chi connectivity index (χ3n) is 2.44. The lowest BCUT2D eigenvalue weighted by Gasteiger charge is -2.04. The summed E-state index contributed by atoms with van der Waals surface area (Å²) in [5, 5.41) is 8.80. The number of primary amides is 1. The standard InChI is InChI=1S/C12H13NO3/c1-7-4-3-5-9(8(7)2)6-10(11(13)14)12(15)16/h3-6H,1-2H3,(H2,13,14)(H,15,16). The summed E-state index contributed by atoms with van der Waals surface area (Å²) in [5.74, 6) is -2.25. The van der Waals surface area contributed by atoms with Gasteiger partial charge in [-0.2, -0.15) is 0 Å². The molecule has 0 unspecified atom stereocenters. The van der Waals surface area contributed by atoms with Crippen LogP contribution in [0.5, 0.6) is 0 Å². The number of nitrogens with two attached hydrogens (primary N) is 1. The highest BCUT2D eigenvalue weighted by atomic mass is 16.4. The Kier molecular flexibility index (Phi) is 3.45. The Bertz CT molecular complexity index is 459. The zero-order chi connectivity index (χ0) is 12.3. The number of carboxylic acids is 1. The van der Waals surface area contributed by atoms with Gasteiger partial charge in [0.15, 0.2) is 0 Å². The molecule has 0 aromatic heterocycles. The van der Waals surface area contributed by atoms with Crippen molar-refractivity contribution in [2.24, 2.45) is 5.73 Å². The lowest BCUT2D eigenvalue weighted by molar-refractivity contribution is -0.134. The monoisotopic (exact) mass is 219 g/mol. The molecule has 0 heterocycles. The zero-order valence-electron chi connectivity index (χ0n) is 9.15. The number of aryl methyl sites for hydroxylation is 1. The second-order valence-corrected chi connectivity index (χ2v) is 3.52. The van der Waals surface area contributed by atoms with Crippen LogP contribution in [0.2, 0.25) is 0 Å². The molecule has 1 aromatic carbocycles. The van der Waals surface area contributed by atoms with E-state index in [4.69, 9.17) is 10.8 Å². The molecule has 0 saturated carbocycles. The maximum absolute atomic E-state index is 10.9. The molecule has 0 radical (unpaired) electrons. The summed E-state index contributed by atoms with van der Waals surface area (Å²) in [6, 6.07) is 5.46. The maximum atomic E-state index is 10.9. The molecule has 4 heteroatoms. The molecule has 16 heavy (non-hydrogen) atoms. The van der Waals surface area contributed by atoms with E-state index in [-0.39, 0.29) is 0 Å². The molecular formula is C12H13NO3. The number of benzene rings is 1. The summed E-state index contributed by atoms with van der Waals surface area (Å²) in [6.45, 7) is 3.78. The molecule has 0 spiro atoms.